The van der Waals surface area contributed by atoms with Gasteiger partial charge in [-0.15, -0.1) is 0 Å². The molecule has 0 bridgehead atoms. The Bertz CT molecular complexity index is 200. The quantitative estimate of drug-likeness (QED) is 0.709. The van der Waals surface area contributed by atoms with Crippen molar-refractivity contribution in [2.24, 2.45) is 5.92 Å². The molecule has 3 heteroatoms. The lowest BCUT2D eigenvalue weighted by atomic mass is 10.0. The summed E-state index contributed by atoms with van der Waals surface area (Å²) in [5, 5.41) is 6.24. The lowest BCUT2D eigenvalue weighted by Crippen LogP contribution is -2.51. The summed E-state index contributed by atoms with van der Waals surface area (Å²) in [7, 11) is 0. The first kappa shape index (κ1) is 14.4. The zero-order chi connectivity index (χ0) is 12.1. The van der Waals surface area contributed by atoms with Gasteiger partial charge < -0.3 is 10.6 Å². The van der Waals surface area contributed by atoms with E-state index < -0.39 is 0 Å². The van der Waals surface area contributed by atoms with Gasteiger partial charge in [0.2, 0.25) is 5.91 Å². The summed E-state index contributed by atoms with van der Waals surface area (Å²) in [6.45, 7) is 13.2. The van der Waals surface area contributed by atoms with E-state index in [1.807, 2.05) is 20.8 Å². The molecule has 0 aromatic rings. The highest BCUT2D eigenvalue weighted by atomic mass is 16.2. The minimum atomic E-state index is -0.113. The van der Waals surface area contributed by atoms with Crippen LogP contribution in [0.15, 0.2) is 0 Å². The lowest BCUT2D eigenvalue weighted by Gasteiger charge is -2.27. The Kier molecular flexibility index (Phi) is 5.88. The SMILES string of the molecule is CCC(C)(C)NC(=O)C(C)NCC(C)C. The van der Waals surface area contributed by atoms with E-state index in [-0.39, 0.29) is 17.5 Å². The number of carbonyl (C=O) groups is 1. The molecular weight excluding hydrogens is 188 g/mol. The van der Waals surface area contributed by atoms with Gasteiger partial charge in [-0.05, 0) is 39.7 Å². The van der Waals surface area contributed by atoms with Crippen LogP contribution in [0.5, 0.6) is 0 Å². The van der Waals surface area contributed by atoms with E-state index in [9.17, 15) is 4.79 Å². The van der Waals surface area contributed by atoms with Gasteiger partial charge in [0.25, 0.3) is 0 Å². The van der Waals surface area contributed by atoms with Gasteiger partial charge in [-0.25, -0.2) is 0 Å². The Morgan fingerprint density at radius 3 is 2.20 bits per heavy atom. The maximum absolute atomic E-state index is 11.8. The van der Waals surface area contributed by atoms with Crippen LogP contribution in [-0.4, -0.2) is 24.0 Å². The molecule has 0 aliphatic carbocycles. The molecule has 0 saturated carbocycles. The average Bonchev–Trinajstić information content (AvgIpc) is 2.13. The lowest BCUT2D eigenvalue weighted by molar-refractivity contribution is -0.124. The fraction of sp³-hybridized carbons (Fsp3) is 0.917. The number of carbonyl (C=O) groups excluding carboxylic acids is 1. The molecule has 0 saturated heterocycles. The zero-order valence-corrected chi connectivity index (χ0v) is 11.0. The highest BCUT2D eigenvalue weighted by molar-refractivity contribution is 5.81. The average molecular weight is 214 g/mol. The summed E-state index contributed by atoms with van der Waals surface area (Å²) < 4.78 is 0. The van der Waals surface area contributed by atoms with Crippen molar-refractivity contribution in [2.75, 3.05) is 6.54 Å². The Labute approximate surface area is 94.0 Å². The third-order valence-electron chi connectivity index (χ3n) is 2.57. The third-order valence-corrected chi connectivity index (χ3v) is 2.57. The minimum absolute atomic E-state index is 0.0856. The van der Waals surface area contributed by atoms with E-state index in [4.69, 9.17) is 0 Å². The van der Waals surface area contributed by atoms with Crippen LogP contribution in [0.2, 0.25) is 0 Å². The molecule has 0 aliphatic heterocycles. The van der Waals surface area contributed by atoms with Gasteiger partial charge in [0.05, 0.1) is 6.04 Å². The van der Waals surface area contributed by atoms with E-state index >= 15 is 0 Å². The maximum atomic E-state index is 11.8. The van der Waals surface area contributed by atoms with Gasteiger partial charge in [-0.2, -0.15) is 0 Å². The highest BCUT2D eigenvalue weighted by Crippen LogP contribution is 2.06. The smallest absolute Gasteiger partial charge is 0.237 e. The largest absolute Gasteiger partial charge is 0.350 e. The van der Waals surface area contributed by atoms with Crippen LogP contribution in [0, 0.1) is 5.92 Å². The molecule has 0 heterocycles. The molecule has 15 heavy (non-hydrogen) atoms. The number of hydrogen-bond donors (Lipinski definition) is 2. The Morgan fingerprint density at radius 2 is 1.80 bits per heavy atom. The van der Waals surface area contributed by atoms with Crippen LogP contribution >= 0.6 is 0 Å². The molecule has 90 valence electrons. The molecule has 0 fully saturated rings. The Balaban J connectivity index is 3.99. The van der Waals surface area contributed by atoms with E-state index in [0.29, 0.717) is 5.92 Å². The molecular formula is C12H26N2O. The Hall–Kier alpha value is -0.570. The molecule has 0 rings (SSSR count). The standard InChI is InChI=1S/C12H26N2O/c1-7-12(5,6)14-11(15)10(4)13-8-9(2)3/h9-10,13H,7-8H2,1-6H3,(H,14,15). The van der Waals surface area contributed by atoms with Crippen molar-refractivity contribution in [2.45, 2.75) is 59.5 Å². The second kappa shape index (κ2) is 6.11. The van der Waals surface area contributed by atoms with E-state index in [2.05, 4.69) is 31.4 Å². The van der Waals surface area contributed by atoms with Crippen LogP contribution in [0.4, 0.5) is 0 Å². The summed E-state index contributed by atoms with van der Waals surface area (Å²) in [5.74, 6) is 0.655. The number of amides is 1. The van der Waals surface area contributed by atoms with Gasteiger partial charge in [0.15, 0.2) is 0 Å². The first-order chi connectivity index (χ1) is 6.78. The molecule has 0 aromatic heterocycles. The van der Waals surface area contributed by atoms with Crippen molar-refractivity contribution >= 4 is 5.91 Å². The molecule has 2 N–H and O–H groups in total. The summed E-state index contributed by atoms with van der Waals surface area (Å²) >= 11 is 0. The first-order valence-electron chi connectivity index (χ1n) is 5.84. The van der Waals surface area contributed by atoms with Crippen LogP contribution in [-0.2, 0) is 4.79 Å². The first-order valence-corrected chi connectivity index (χ1v) is 5.84. The molecule has 0 aromatic carbocycles. The van der Waals surface area contributed by atoms with Crippen molar-refractivity contribution in [1.82, 2.24) is 10.6 Å². The van der Waals surface area contributed by atoms with Crippen LogP contribution < -0.4 is 10.6 Å². The topological polar surface area (TPSA) is 41.1 Å². The third kappa shape index (κ3) is 6.50. The summed E-state index contributed by atoms with van der Waals surface area (Å²) in [5.41, 5.74) is -0.106. The van der Waals surface area contributed by atoms with Gasteiger partial charge in [-0.1, -0.05) is 20.8 Å². The second-order valence-electron chi connectivity index (χ2n) is 5.25. The van der Waals surface area contributed by atoms with Crippen molar-refractivity contribution in [3.8, 4) is 0 Å². The molecule has 3 nitrogen and oxygen atoms in total. The van der Waals surface area contributed by atoms with Gasteiger partial charge in [-0.3, -0.25) is 4.79 Å². The minimum Gasteiger partial charge on any atom is -0.350 e. The van der Waals surface area contributed by atoms with E-state index in [1.54, 1.807) is 0 Å². The highest BCUT2D eigenvalue weighted by Gasteiger charge is 2.21. The van der Waals surface area contributed by atoms with Gasteiger partial charge in [0.1, 0.15) is 0 Å². The van der Waals surface area contributed by atoms with Crippen molar-refractivity contribution in [3.05, 3.63) is 0 Å². The van der Waals surface area contributed by atoms with Crippen LogP contribution in [0.1, 0.15) is 48.0 Å². The zero-order valence-electron chi connectivity index (χ0n) is 11.0. The normalized spacial score (nSPS) is 14.1. The molecule has 1 amide bonds. The predicted octanol–water partition coefficient (Wildman–Crippen LogP) is 1.93. The van der Waals surface area contributed by atoms with E-state index in [0.717, 1.165) is 13.0 Å². The molecule has 0 spiro atoms. The molecule has 1 atom stereocenters. The van der Waals surface area contributed by atoms with Crippen molar-refractivity contribution in [3.63, 3.8) is 0 Å². The summed E-state index contributed by atoms with van der Waals surface area (Å²) in [4.78, 5) is 11.8. The maximum Gasteiger partial charge on any atom is 0.237 e. The van der Waals surface area contributed by atoms with Gasteiger partial charge >= 0.3 is 0 Å². The van der Waals surface area contributed by atoms with Crippen LogP contribution in [0.3, 0.4) is 0 Å². The monoisotopic (exact) mass is 214 g/mol. The molecule has 0 aliphatic rings. The Morgan fingerprint density at radius 1 is 1.27 bits per heavy atom. The summed E-state index contributed by atoms with van der Waals surface area (Å²) in [6, 6.07) is -0.113. The van der Waals surface area contributed by atoms with Gasteiger partial charge in [0, 0.05) is 5.54 Å². The number of rotatable bonds is 6. The number of hydrogen-bond acceptors (Lipinski definition) is 2. The van der Waals surface area contributed by atoms with Crippen molar-refractivity contribution < 1.29 is 4.79 Å². The fourth-order valence-electron chi connectivity index (χ4n) is 1.04. The predicted molar refractivity (Wildman–Crippen MR) is 64.8 cm³/mol. The second-order valence-corrected chi connectivity index (χ2v) is 5.25. The van der Waals surface area contributed by atoms with Crippen molar-refractivity contribution in [1.29, 1.82) is 0 Å². The number of nitrogens with one attached hydrogen (secondary N) is 2. The fourth-order valence-corrected chi connectivity index (χ4v) is 1.04. The van der Waals surface area contributed by atoms with Crippen LogP contribution in [0.25, 0.3) is 0 Å². The van der Waals surface area contributed by atoms with E-state index in [1.165, 1.54) is 0 Å². The summed E-state index contributed by atoms with van der Waals surface area (Å²) in [6.07, 6.45) is 0.940. The molecule has 1 unspecified atom stereocenters. The molecule has 0 radical (unpaired) electrons.